The maximum absolute atomic E-state index is 11.8. The summed E-state index contributed by atoms with van der Waals surface area (Å²) in [6, 6.07) is 5.95. The van der Waals surface area contributed by atoms with Crippen molar-refractivity contribution in [3.63, 3.8) is 0 Å². The second kappa shape index (κ2) is 8.41. The molecule has 28 heavy (non-hydrogen) atoms. The number of hydrogen-bond acceptors (Lipinski definition) is 6. The van der Waals surface area contributed by atoms with Crippen LogP contribution in [-0.2, 0) is 18.3 Å². The first-order chi connectivity index (χ1) is 13.6. The van der Waals surface area contributed by atoms with Crippen molar-refractivity contribution >= 4 is 5.82 Å². The summed E-state index contributed by atoms with van der Waals surface area (Å²) in [6.07, 6.45) is 3.93. The molecule has 2 aliphatic heterocycles. The quantitative estimate of drug-likeness (QED) is 0.801. The Morgan fingerprint density at radius 1 is 1.11 bits per heavy atom. The molecule has 0 radical (unpaired) electrons. The molecule has 0 bridgehead atoms. The average molecular weight is 383 g/mol. The molecule has 0 aromatic carbocycles. The molecule has 2 aromatic heterocycles. The van der Waals surface area contributed by atoms with E-state index in [0.717, 1.165) is 81.7 Å². The Morgan fingerprint density at radius 2 is 1.86 bits per heavy atom. The molecule has 2 fully saturated rings. The molecule has 0 saturated carbocycles. The van der Waals surface area contributed by atoms with Crippen LogP contribution in [0.3, 0.4) is 0 Å². The van der Waals surface area contributed by atoms with Crippen LogP contribution in [0.2, 0.25) is 0 Å². The zero-order chi connectivity index (χ0) is 19.5. The lowest BCUT2D eigenvalue weighted by Gasteiger charge is -2.35. The van der Waals surface area contributed by atoms with Gasteiger partial charge in [-0.15, -0.1) is 0 Å². The minimum Gasteiger partial charge on any atom is -0.381 e. The van der Waals surface area contributed by atoms with Crippen LogP contribution >= 0.6 is 0 Å². The van der Waals surface area contributed by atoms with Crippen molar-refractivity contribution in [2.75, 3.05) is 44.3 Å². The van der Waals surface area contributed by atoms with Crippen LogP contribution in [0.25, 0.3) is 0 Å². The van der Waals surface area contributed by atoms with Crippen molar-refractivity contribution in [1.82, 2.24) is 19.4 Å². The second-order valence-electron chi connectivity index (χ2n) is 7.83. The number of pyridine rings is 1. The summed E-state index contributed by atoms with van der Waals surface area (Å²) in [7, 11) is 1.78. The fraction of sp³-hybridized carbons (Fsp3) is 0.571. The van der Waals surface area contributed by atoms with Crippen molar-refractivity contribution in [2.24, 2.45) is 7.05 Å². The van der Waals surface area contributed by atoms with Gasteiger partial charge in [-0.1, -0.05) is 0 Å². The Hall–Kier alpha value is -2.25. The van der Waals surface area contributed by atoms with E-state index in [1.807, 2.05) is 19.2 Å². The summed E-state index contributed by atoms with van der Waals surface area (Å²) in [5.74, 6) is 2.37. The molecule has 7 heteroatoms. The monoisotopic (exact) mass is 383 g/mol. The van der Waals surface area contributed by atoms with E-state index in [2.05, 4.69) is 15.9 Å². The Balaban J connectivity index is 1.39. The number of hydrogen-bond donors (Lipinski definition) is 0. The minimum atomic E-state index is 0.0493. The fourth-order valence-corrected chi connectivity index (χ4v) is 4.02. The molecule has 2 aliphatic rings. The highest BCUT2D eigenvalue weighted by atomic mass is 16.5. The zero-order valence-electron chi connectivity index (χ0n) is 16.8. The summed E-state index contributed by atoms with van der Waals surface area (Å²) >= 11 is 0. The maximum atomic E-state index is 11.8. The molecule has 0 amide bonds. The predicted molar refractivity (Wildman–Crippen MR) is 109 cm³/mol. The van der Waals surface area contributed by atoms with Crippen LogP contribution in [0.5, 0.6) is 0 Å². The first-order valence-electron chi connectivity index (χ1n) is 10.1. The lowest BCUT2D eigenvalue weighted by atomic mass is 9.96. The molecule has 0 unspecified atom stereocenters. The van der Waals surface area contributed by atoms with Gasteiger partial charge in [-0.05, 0) is 31.4 Å². The van der Waals surface area contributed by atoms with Gasteiger partial charge in [-0.3, -0.25) is 9.69 Å². The second-order valence-corrected chi connectivity index (χ2v) is 7.83. The van der Waals surface area contributed by atoms with Crippen molar-refractivity contribution < 1.29 is 4.74 Å². The largest absolute Gasteiger partial charge is 0.381 e. The van der Waals surface area contributed by atoms with Crippen molar-refractivity contribution in [3.8, 4) is 0 Å². The Kier molecular flexibility index (Phi) is 5.73. The smallest absolute Gasteiger partial charge is 0.250 e. The third-order valence-corrected chi connectivity index (χ3v) is 5.75. The molecule has 2 aromatic rings. The van der Waals surface area contributed by atoms with E-state index in [9.17, 15) is 4.79 Å². The predicted octanol–water partition coefficient (Wildman–Crippen LogP) is 1.70. The molecular weight excluding hydrogens is 354 g/mol. The van der Waals surface area contributed by atoms with E-state index < -0.39 is 0 Å². The zero-order valence-corrected chi connectivity index (χ0v) is 16.8. The van der Waals surface area contributed by atoms with Crippen LogP contribution in [0.1, 0.15) is 35.8 Å². The van der Waals surface area contributed by atoms with Gasteiger partial charge in [0.25, 0.3) is 5.56 Å². The number of aryl methyl sites for hydroxylation is 2. The number of nitrogens with zero attached hydrogens (tertiary/aromatic N) is 5. The third kappa shape index (κ3) is 4.42. The minimum absolute atomic E-state index is 0.0493. The van der Waals surface area contributed by atoms with Gasteiger partial charge < -0.3 is 14.2 Å². The molecule has 2 saturated heterocycles. The molecule has 0 aliphatic carbocycles. The number of ether oxygens (including phenoxy) is 1. The van der Waals surface area contributed by atoms with Crippen LogP contribution in [0, 0.1) is 6.92 Å². The normalized spacial score (nSPS) is 19.1. The van der Waals surface area contributed by atoms with Crippen LogP contribution in [-0.4, -0.2) is 58.8 Å². The van der Waals surface area contributed by atoms with E-state index in [0.29, 0.717) is 5.92 Å². The molecule has 0 spiro atoms. The van der Waals surface area contributed by atoms with Gasteiger partial charge in [0.1, 0.15) is 11.6 Å². The molecule has 0 N–H and O–H groups in total. The van der Waals surface area contributed by atoms with E-state index >= 15 is 0 Å². The Labute approximate surface area is 166 Å². The number of aromatic nitrogens is 3. The van der Waals surface area contributed by atoms with Crippen molar-refractivity contribution in [1.29, 1.82) is 0 Å². The van der Waals surface area contributed by atoms with Gasteiger partial charge in [0, 0.05) is 82.9 Å². The van der Waals surface area contributed by atoms with E-state index in [4.69, 9.17) is 14.7 Å². The van der Waals surface area contributed by atoms with Gasteiger partial charge in [-0.2, -0.15) is 0 Å². The summed E-state index contributed by atoms with van der Waals surface area (Å²) in [5.41, 5.74) is 2.29. The molecule has 150 valence electrons. The highest BCUT2D eigenvalue weighted by molar-refractivity contribution is 5.41. The van der Waals surface area contributed by atoms with Gasteiger partial charge >= 0.3 is 0 Å². The summed E-state index contributed by atoms with van der Waals surface area (Å²) in [6.45, 7) is 8.26. The van der Waals surface area contributed by atoms with Crippen molar-refractivity contribution in [2.45, 2.75) is 32.2 Å². The van der Waals surface area contributed by atoms with Gasteiger partial charge in [0.15, 0.2) is 0 Å². The lowest BCUT2D eigenvalue weighted by Crippen LogP contribution is -2.46. The number of anilines is 1. The first kappa shape index (κ1) is 19.1. The molecule has 7 nitrogen and oxygen atoms in total. The van der Waals surface area contributed by atoms with Gasteiger partial charge in [-0.25, -0.2) is 9.97 Å². The summed E-state index contributed by atoms with van der Waals surface area (Å²) in [5, 5.41) is 0. The fourth-order valence-electron chi connectivity index (χ4n) is 4.02. The van der Waals surface area contributed by atoms with E-state index in [1.165, 1.54) is 0 Å². The topological polar surface area (TPSA) is 63.5 Å². The molecule has 4 heterocycles. The Bertz CT molecular complexity index is 867. The van der Waals surface area contributed by atoms with Gasteiger partial charge in [0.2, 0.25) is 0 Å². The first-order valence-corrected chi connectivity index (χ1v) is 10.1. The van der Waals surface area contributed by atoms with Crippen LogP contribution in [0.15, 0.2) is 29.2 Å². The highest BCUT2D eigenvalue weighted by Gasteiger charge is 2.22. The summed E-state index contributed by atoms with van der Waals surface area (Å²) < 4.78 is 7.10. The van der Waals surface area contributed by atoms with Crippen LogP contribution in [0.4, 0.5) is 5.82 Å². The van der Waals surface area contributed by atoms with Crippen LogP contribution < -0.4 is 10.5 Å². The third-order valence-electron chi connectivity index (χ3n) is 5.75. The lowest BCUT2D eigenvalue weighted by molar-refractivity contribution is 0.0844. The maximum Gasteiger partial charge on any atom is 0.250 e. The standard InChI is InChI=1S/C21H29N5O2/c1-16-22-19(18-4-11-28-12-5-18)14-20(23-16)26-9-7-25(8-10-26)15-17-3-6-24(2)21(27)13-17/h3,6,13-14,18H,4-5,7-12,15H2,1-2H3. The number of piperazine rings is 1. The van der Waals surface area contributed by atoms with E-state index in [1.54, 1.807) is 17.7 Å². The molecular formula is C21H29N5O2. The Morgan fingerprint density at radius 3 is 2.57 bits per heavy atom. The molecule has 4 rings (SSSR count). The molecule has 0 atom stereocenters. The van der Waals surface area contributed by atoms with Crippen molar-refractivity contribution in [3.05, 3.63) is 51.8 Å². The SMILES string of the molecule is Cc1nc(C2CCOCC2)cc(N2CCN(Cc3ccn(C)c(=O)c3)CC2)n1. The summed E-state index contributed by atoms with van der Waals surface area (Å²) in [4.78, 5) is 26.0. The highest BCUT2D eigenvalue weighted by Crippen LogP contribution is 2.28. The van der Waals surface area contributed by atoms with Gasteiger partial charge in [0.05, 0.1) is 0 Å². The van der Waals surface area contributed by atoms with E-state index in [-0.39, 0.29) is 5.56 Å². The average Bonchev–Trinajstić information content (AvgIpc) is 2.71. The number of rotatable bonds is 4.